The molecule has 3 amide bonds. The molecule has 0 aliphatic carbocycles. The van der Waals surface area contributed by atoms with Crippen molar-refractivity contribution in [1.29, 1.82) is 0 Å². The van der Waals surface area contributed by atoms with Gasteiger partial charge in [0.25, 0.3) is 0 Å². The molecule has 2 heterocycles. The molecule has 0 radical (unpaired) electrons. The molecule has 3 aromatic rings. The SMILES string of the molecule is NCCCCC(N)C(=O)NC(Cc1cnc[nH]1)C(=O)NC(Cc1ccc(O)cc1)C(=O)NC(Cc1cnc[nH]1)C(=O)O. The maximum absolute atomic E-state index is 13.6. The average Bonchev–Trinajstić information content (AvgIpc) is 3.67. The number of carbonyl (C=O) groups excluding carboxylic acids is 3. The monoisotopic (exact) mass is 583 g/mol. The lowest BCUT2D eigenvalue weighted by molar-refractivity contribution is -0.142. The number of hydrogen-bond donors (Lipinski definition) is 9. The molecule has 0 aliphatic rings. The highest BCUT2D eigenvalue weighted by Crippen LogP contribution is 2.12. The van der Waals surface area contributed by atoms with Gasteiger partial charge in [0.2, 0.25) is 17.7 Å². The Morgan fingerprint density at radius 3 is 1.83 bits per heavy atom. The van der Waals surface area contributed by atoms with Crippen molar-refractivity contribution in [3.63, 3.8) is 0 Å². The fourth-order valence-electron chi connectivity index (χ4n) is 4.18. The number of nitrogens with one attached hydrogen (secondary N) is 5. The molecular formula is C27H37N9O6. The van der Waals surface area contributed by atoms with Crippen LogP contribution >= 0.6 is 0 Å². The Hall–Kier alpha value is -4.76. The Balaban J connectivity index is 1.80. The standard InChI is InChI=1S/C27H37N9O6/c28-8-2-1-3-20(29)24(38)34-22(10-17-12-30-14-32-17)26(40)35-21(9-16-4-6-19(37)7-5-16)25(39)36-23(27(41)42)11-18-13-31-15-33-18/h4-7,12-15,20-23,37H,1-3,8-11,28-29H2,(H,30,32)(H,31,33)(H,34,38)(H,35,40)(H,36,39)(H,41,42). The molecule has 1 aromatic carbocycles. The smallest absolute Gasteiger partial charge is 0.326 e. The van der Waals surface area contributed by atoms with Gasteiger partial charge in [0.05, 0.1) is 18.7 Å². The lowest BCUT2D eigenvalue weighted by atomic mass is 10.0. The summed E-state index contributed by atoms with van der Waals surface area (Å²) in [5.41, 5.74) is 13.2. The molecular weight excluding hydrogens is 546 g/mol. The zero-order chi connectivity index (χ0) is 30.5. The molecule has 0 saturated heterocycles. The van der Waals surface area contributed by atoms with Gasteiger partial charge in [0.15, 0.2) is 0 Å². The van der Waals surface area contributed by atoms with Crippen LogP contribution in [0.2, 0.25) is 0 Å². The Bertz CT molecular complexity index is 1280. The molecule has 0 saturated carbocycles. The number of carbonyl (C=O) groups is 4. The van der Waals surface area contributed by atoms with Gasteiger partial charge in [0, 0.05) is 43.0 Å². The van der Waals surface area contributed by atoms with E-state index in [0.29, 0.717) is 42.8 Å². The second-order valence-electron chi connectivity index (χ2n) is 9.85. The van der Waals surface area contributed by atoms with E-state index in [2.05, 4.69) is 35.9 Å². The number of nitrogens with zero attached hydrogens (tertiary/aromatic N) is 2. The molecule has 15 nitrogen and oxygen atoms in total. The van der Waals surface area contributed by atoms with Gasteiger partial charge in [-0.25, -0.2) is 14.8 Å². The number of hydrogen-bond acceptors (Lipinski definition) is 9. The van der Waals surface area contributed by atoms with Crippen molar-refractivity contribution in [3.8, 4) is 5.75 Å². The largest absolute Gasteiger partial charge is 0.508 e. The Morgan fingerprint density at radius 1 is 0.786 bits per heavy atom. The van der Waals surface area contributed by atoms with Crippen molar-refractivity contribution in [2.45, 2.75) is 62.7 Å². The molecule has 0 spiro atoms. The predicted octanol–water partition coefficient (Wildman–Crippen LogP) is -1.14. The molecule has 11 N–H and O–H groups in total. The summed E-state index contributed by atoms with van der Waals surface area (Å²) < 4.78 is 0. The van der Waals surface area contributed by atoms with Crippen LogP contribution in [0.1, 0.15) is 36.2 Å². The van der Waals surface area contributed by atoms with Crippen molar-refractivity contribution in [3.05, 3.63) is 66.3 Å². The fourth-order valence-corrected chi connectivity index (χ4v) is 4.18. The minimum atomic E-state index is -1.32. The van der Waals surface area contributed by atoms with Crippen molar-refractivity contribution in [2.24, 2.45) is 11.5 Å². The third-order valence-corrected chi connectivity index (χ3v) is 6.52. The van der Waals surface area contributed by atoms with Crippen LogP contribution in [-0.2, 0) is 38.4 Å². The first-order valence-corrected chi connectivity index (χ1v) is 13.5. The number of nitrogens with two attached hydrogens (primary N) is 2. The van der Waals surface area contributed by atoms with Crippen LogP contribution in [0.5, 0.6) is 5.75 Å². The average molecular weight is 584 g/mol. The highest BCUT2D eigenvalue weighted by Gasteiger charge is 2.31. The van der Waals surface area contributed by atoms with Gasteiger partial charge in [-0.15, -0.1) is 0 Å². The Labute approximate surface area is 241 Å². The van der Waals surface area contributed by atoms with E-state index in [1.54, 1.807) is 12.1 Å². The number of benzene rings is 1. The van der Waals surface area contributed by atoms with Crippen LogP contribution < -0.4 is 27.4 Å². The van der Waals surface area contributed by atoms with E-state index < -0.39 is 47.9 Å². The van der Waals surface area contributed by atoms with Gasteiger partial charge in [0.1, 0.15) is 23.9 Å². The Kier molecular flexibility index (Phi) is 12.0. The lowest BCUT2D eigenvalue weighted by Crippen LogP contribution is -2.58. The number of aliphatic carboxylic acids is 1. The number of carboxylic acids is 1. The number of unbranched alkanes of at least 4 members (excludes halogenated alkanes) is 1. The van der Waals surface area contributed by atoms with Crippen LogP contribution in [0.25, 0.3) is 0 Å². The summed E-state index contributed by atoms with van der Waals surface area (Å²) in [5.74, 6) is -3.25. The number of phenolic OH excluding ortho intramolecular Hbond substituents is 1. The van der Waals surface area contributed by atoms with E-state index in [-0.39, 0.29) is 25.0 Å². The topological polar surface area (TPSA) is 254 Å². The molecule has 4 atom stereocenters. The number of phenols is 1. The first-order chi connectivity index (χ1) is 20.2. The molecule has 226 valence electrons. The van der Waals surface area contributed by atoms with E-state index in [0.717, 1.165) is 0 Å². The minimum absolute atomic E-state index is 0.0134. The minimum Gasteiger partial charge on any atom is -0.508 e. The summed E-state index contributed by atoms with van der Waals surface area (Å²) in [6, 6.07) is 1.46. The zero-order valence-electron chi connectivity index (χ0n) is 23.0. The van der Waals surface area contributed by atoms with Gasteiger partial charge >= 0.3 is 5.97 Å². The van der Waals surface area contributed by atoms with E-state index in [1.165, 1.54) is 37.2 Å². The number of aromatic nitrogens is 4. The lowest BCUT2D eigenvalue weighted by Gasteiger charge is -2.25. The molecule has 0 fully saturated rings. The van der Waals surface area contributed by atoms with Crippen LogP contribution in [0.4, 0.5) is 0 Å². The molecule has 0 aliphatic heterocycles. The third-order valence-electron chi connectivity index (χ3n) is 6.52. The van der Waals surface area contributed by atoms with Gasteiger partial charge < -0.3 is 47.6 Å². The first-order valence-electron chi connectivity index (χ1n) is 13.5. The van der Waals surface area contributed by atoms with E-state index >= 15 is 0 Å². The summed E-state index contributed by atoms with van der Waals surface area (Å²) >= 11 is 0. The van der Waals surface area contributed by atoms with Crippen molar-refractivity contribution in [2.75, 3.05) is 6.54 Å². The van der Waals surface area contributed by atoms with Crippen LogP contribution in [0.3, 0.4) is 0 Å². The molecule has 15 heteroatoms. The highest BCUT2D eigenvalue weighted by atomic mass is 16.4. The molecule has 0 bridgehead atoms. The Morgan fingerprint density at radius 2 is 1.31 bits per heavy atom. The highest BCUT2D eigenvalue weighted by molar-refractivity contribution is 5.94. The number of rotatable bonds is 17. The number of imidazole rings is 2. The number of H-pyrrole nitrogens is 2. The van der Waals surface area contributed by atoms with Crippen molar-refractivity contribution < 1.29 is 29.4 Å². The number of aromatic amines is 2. The van der Waals surface area contributed by atoms with Gasteiger partial charge in [-0.05, 0) is 37.1 Å². The second kappa shape index (κ2) is 15.9. The number of amides is 3. The predicted molar refractivity (Wildman–Crippen MR) is 151 cm³/mol. The zero-order valence-corrected chi connectivity index (χ0v) is 23.0. The summed E-state index contributed by atoms with van der Waals surface area (Å²) in [5, 5.41) is 27.2. The summed E-state index contributed by atoms with van der Waals surface area (Å²) in [7, 11) is 0. The van der Waals surface area contributed by atoms with Crippen molar-refractivity contribution >= 4 is 23.7 Å². The van der Waals surface area contributed by atoms with Gasteiger partial charge in [-0.1, -0.05) is 18.6 Å². The van der Waals surface area contributed by atoms with Crippen LogP contribution in [-0.4, -0.2) is 84.6 Å². The van der Waals surface area contributed by atoms with E-state index in [1.807, 2.05) is 0 Å². The molecule has 42 heavy (non-hydrogen) atoms. The summed E-state index contributed by atoms with van der Waals surface area (Å²) in [6.45, 7) is 0.467. The van der Waals surface area contributed by atoms with Crippen molar-refractivity contribution in [1.82, 2.24) is 35.9 Å². The van der Waals surface area contributed by atoms with Gasteiger partial charge in [-0.2, -0.15) is 0 Å². The summed E-state index contributed by atoms with van der Waals surface area (Å²) in [6.07, 6.45) is 7.41. The van der Waals surface area contributed by atoms with Gasteiger partial charge in [-0.3, -0.25) is 14.4 Å². The van der Waals surface area contributed by atoms with E-state index in [9.17, 15) is 29.4 Å². The normalized spacial score (nSPS) is 13.9. The van der Waals surface area contributed by atoms with Crippen LogP contribution in [0, 0.1) is 0 Å². The maximum Gasteiger partial charge on any atom is 0.326 e. The summed E-state index contributed by atoms with van der Waals surface area (Å²) in [4.78, 5) is 65.2. The third kappa shape index (κ3) is 10.0. The molecule has 4 unspecified atom stereocenters. The second-order valence-corrected chi connectivity index (χ2v) is 9.85. The number of carboxylic acid groups (broad SMARTS) is 1. The van der Waals surface area contributed by atoms with E-state index in [4.69, 9.17) is 11.5 Å². The first kappa shape index (κ1) is 31.8. The van der Waals surface area contributed by atoms with Crippen LogP contribution in [0.15, 0.2) is 49.3 Å². The molecule has 2 aromatic heterocycles. The fraction of sp³-hybridized carbons (Fsp3) is 0.407. The molecule has 3 rings (SSSR count). The number of aromatic hydroxyl groups is 1. The maximum atomic E-state index is 13.6. The quantitative estimate of drug-likeness (QED) is 0.0863.